The van der Waals surface area contributed by atoms with Crippen molar-refractivity contribution in [2.24, 2.45) is 0 Å². The number of imidazole rings is 1. The Kier molecular flexibility index (Phi) is 2.82. The highest BCUT2D eigenvalue weighted by atomic mass is 16.4. The van der Waals surface area contributed by atoms with E-state index in [1.165, 1.54) is 6.08 Å². The summed E-state index contributed by atoms with van der Waals surface area (Å²) in [5.41, 5.74) is 1.95. The quantitative estimate of drug-likeness (QED) is 0.628. The highest BCUT2D eigenvalue weighted by molar-refractivity contribution is 5.80. The van der Waals surface area contributed by atoms with Crippen LogP contribution in [0.25, 0.3) is 11.6 Å². The molecule has 2 aromatic heterocycles. The Labute approximate surface area is 92.2 Å². The molecule has 4 heteroatoms. The molecular weight excluding hydrogens is 204 g/mol. The highest BCUT2D eigenvalue weighted by Crippen LogP contribution is 2.08. The lowest BCUT2D eigenvalue weighted by Gasteiger charge is -1.98. The van der Waals surface area contributed by atoms with E-state index in [2.05, 4.69) is 4.98 Å². The molecule has 0 aliphatic heterocycles. The van der Waals surface area contributed by atoms with Crippen LogP contribution in [0.5, 0.6) is 0 Å². The van der Waals surface area contributed by atoms with Crippen molar-refractivity contribution in [2.75, 3.05) is 0 Å². The van der Waals surface area contributed by atoms with E-state index in [1.54, 1.807) is 18.6 Å². The molecule has 0 bridgehead atoms. The Hall–Kier alpha value is -2.36. The molecule has 0 unspecified atom stereocenters. The van der Waals surface area contributed by atoms with Gasteiger partial charge in [0.15, 0.2) is 0 Å². The molecule has 2 rings (SSSR count). The summed E-state index contributed by atoms with van der Waals surface area (Å²) in [5, 5.41) is 8.41. The van der Waals surface area contributed by atoms with Gasteiger partial charge in [0.25, 0.3) is 0 Å². The van der Waals surface area contributed by atoms with E-state index in [9.17, 15) is 4.79 Å². The van der Waals surface area contributed by atoms with Gasteiger partial charge >= 0.3 is 5.97 Å². The summed E-state index contributed by atoms with van der Waals surface area (Å²) in [5.74, 6) is -0.953. The Balaban J connectivity index is 2.27. The number of allylic oxidation sites excluding steroid dienone is 2. The van der Waals surface area contributed by atoms with E-state index in [4.69, 9.17) is 5.11 Å². The molecule has 0 aliphatic carbocycles. The van der Waals surface area contributed by atoms with Gasteiger partial charge in [0.1, 0.15) is 0 Å². The molecule has 4 nitrogen and oxygen atoms in total. The summed E-state index contributed by atoms with van der Waals surface area (Å²) >= 11 is 0. The molecule has 0 saturated heterocycles. The molecule has 0 atom stereocenters. The molecule has 0 amide bonds. The van der Waals surface area contributed by atoms with Crippen LogP contribution in [0.15, 0.2) is 49.0 Å². The number of hydrogen-bond acceptors (Lipinski definition) is 2. The third kappa shape index (κ3) is 2.17. The van der Waals surface area contributed by atoms with Crippen LogP contribution < -0.4 is 0 Å². The summed E-state index contributed by atoms with van der Waals surface area (Å²) in [7, 11) is 0. The van der Waals surface area contributed by atoms with Gasteiger partial charge in [-0.05, 0) is 18.2 Å². The van der Waals surface area contributed by atoms with E-state index in [-0.39, 0.29) is 0 Å². The number of carboxylic acid groups (broad SMARTS) is 1. The number of nitrogens with zero attached hydrogens (tertiary/aromatic N) is 2. The first kappa shape index (κ1) is 10.2. The van der Waals surface area contributed by atoms with Crippen LogP contribution in [0.4, 0.5) is 0 Å². The lowest BCUT2D eigenvalue weighted by atomic mass is 10.3. The van der Waals surface area contributed by atoms with Crippen molar-refractivity contribution in [3.05, 3.63) is 54.6 Å². The number of rotatable bonds is 3. The Morgan fingerprint density at radius 1 is 1.38 bits per heavy atom. The van der Waals surface area contributed by atoms with Crippen LogP contribution in [-0.2, 0) is 4.79 Å². The predicted octanol–water partition coefficient (Wildman–Crippen LogP) is 1.99. The fourth-order valence-electron chi connectivity index (χ4n) is 1.40. The van der Waals surface area contributed by atoms with Gasteiger partial charge in [-0.3, -0.25) is 4.40 Å². The molecule has 80 valence electrons. The molecule has 0 saturated carbocycles. The van der Waals surface area contributed by atoms with Crippen LogP contribution in [-0.4, -0.2) is 20.5 Å². The third-order valence-electron chi connectivity index (χ3n) is 2.10. The molecule has 2 heterocycles. The highest BCUT2D eigenvalue weighted by Gasteiger charge is 1.94. The predicted molar refractivity (Wildman–Crippen MR) is 61.0 cm³/mol. The van der Waals surface area contributed by atoms with E-state index in [0.29, 0.717) is 0 Å². The number of pyridine rings is 1. The summed E-state index contributed by atoms with van der Waals surface area (Å²) in [4.78, 5) is 14.3. The summed E-state index contributed by atoms with van der Waals surface area (Å²) < 4.78 is 1.92. The van der Waals surface area contributed by atoms with Gasteiger partial charge in [-0.2, -0.15) is 0 Å². The molecule has 1 N–H and O–H groups in total. The zero-order valence-corrected chi connectivity index (χ0v) is 8.45. The van der Waals surface area contributed by atoms with E-state index >= 15 is 0 Å². The first-order valence-electron chi connectivity index (χ1n) is 4.76. The first-order chi connectivity index (χ1) is 7.77. The third-order valence-corrected chi connectivity index (χ3v) is 2.10. The number of aromatic nitrogens is 2. The first-order valence-corrected chi connectivity index (χ1v) is 4.76. The minimum atomic E-state index is -0.953. The number of carboxylic acids is 1. The normalized spacial score (nSPS) is 11.8. The zero-order valence-electron chi connectivity index (χ0n) is 8.45. The van der Waals surface area contributed by atoms with Crippen molar-refractivity contribution in [1.29, 1.82) is 0 Å². The average molecular weight is 214 g/mol. The molecule has 0 fully saturated rings. The van der Waals surface area contributed by atoms with Gasteiger partial charge in [0.2, 0.25) is 0 Å². The summed E-state index contributed by atoms with van der Waals surface area (Å²) in [6.07, 6.45) is 9.57. The largest absolute Gasteiger partial charge is 0.478 e. The molecule has 0 aromatic carbocycles. The smallest absolute Gasteiger partial charge is 0.328 e. The minimum absolute atomic E-state index is 0.949. The second kappa shape index (κ2) is 4.44. The van der Waals surface area contributed by atoms with Gasteiger partial charge in [-0.15, -0.1) is 0 Å². The summed E-state index contributed by atoms with van der Waals surface area (Å²) in [6.45, 7) is 0. The fourth-order valence-corrected chi connectivity index (χ4v) is 1.40. The Bertz CT molecular complexity index is 567. The van der Waals surface area contributed by atoms with Crippen molar-refractivity contribution in [1.82, 2.24) is 9.38 Å². The topological polar surface area (TPSA) is 54.6 Å². The zero-order chi connectivity index (χ0) is 11.4. The monoisotopic (exact) mass is 214 g/mol. The van der Waals surface area contributed by atoms with Crippen molar-refractivity contribution in [3.8, 4) is 0 Å². The van der Waals surface area contributed by atoms with Gasteiger partial charge in [-0.25, -0.2) is 9.78 Å². The number of carbonyl (C=O) groups is 1. The average Bonchev–Trinajstić information content (AvgIpc) is 2.72. The number of aliphatic carboxylic acids is 1. The van der Waals surface area contributed by atoms with Crippen LogP contribution in [0.2, 0.25) is 0 Å². The van der Waals surface area contributed by atoms with Crippen molar-refractivity contribution in [3.63, 3.8) is 0 Å². The molecule has 0 radical (unpaired) electrons. The van der Waals surface area contributed by atoms with Crippen molar-refractivity contribution >= 4 is 17.6 Å². The van der Waals surface area contributed by atoms with E-state index in [1.807, 2.05) is 28.7 Å². The molecule has 16 heavy (non-hydrogen) atoms. The van der Waals surface area contributed by atoms with Gasteiger partial charge < -0.3 is 5.11 Å². The SMILES string of the molecule is O=C(O)/C=C/C=C/c1cccc2cncn12. The van der Waals surface area contributed by atoms with Crippen molar-refractivity contribution < 1.29 is 9.90 Å². The molecule has 0 aliphatic rings. The van der Waals surface area contributed by atoms with Crippen LogP contribution >= 0.6 is 0 Å². The fraction of sp³-hybridized carbons (Fsp3) is 0. The molecular formula is C12H10N2O2. The molecule has 2 aromatic rings. The minimum Gasteiger partial charge on any atom is -0.478 e. The lowest BCUT2D eigenvalue weighted by molar-refractivity contribution is -0.131. The maximum absolute atomic E-state index is 10.2. The van der Waals surface area contributed by atoms with Gasteiger partial charge in [0, 0.05) is 11.8 Å². The van der Waals surface area contributed by atoms with Crippen LogP contribution in [0.3, 0.4) is 0 Å². The Morgan fingerprint density at radius 3 is 3.06 bits per heavy atom. The van der Waals surface area contributed by atoms with E-state index < -0.39 is 5.97 Å². The number of fused-ring (bicyclic) bond motifs is 1. The maximum atomic E-state index is 10.2. The van der Waals surface area contributed by atoms with E-state index in [0.717, 1.165) is 17.3 Å². The second-order valence-electron chi connectivity index (χ2n) is 3.20. The Morgan fingerprint density at radius 2 is 2.25 bits per heavy atom. The van der Waals surface area contributed by atoms with Gasteiger partial charge in [-0.1, -0.05) is 18.2 Å². The van der Waals surface area contributed by atoms with Crippen LogP contribution in [0.1, 0.15) is 5.69 Å². The maximum Gasteiger partial charge on any atom is 0.328 e. The number of hydrogen-bond donors (Lipinski definition) is 1. The van der Waals surface area contributed by atoms with Crippen molar-refractivity contribution in [2.45, 2.75) is 0 Å². The molecule has 0 spiro atoms. The lowest BCUT2D eigenvalue weighted by Crippen LogP contribution is -1.87. The van der Waals surface area contributed by atoms with Gasteiger partial charge in [0.05, 0.1) is 18.0 Å². The second-order valence-corrected chi connectivity index (χ2v) is 3.20. The summed E-state index contributed by atoms with van der Waals surface area (Å²) in [6, 6.07) is 5.81. The standard InChI is InChI=1S/C12H10N2O2/c15-12(16)7-2-1-4-10-5-3-6-11-8-13-9-14(10)11/h1-9H,(H,15,16)/b4-1+,7-2+. The van der Waals surface area contributed by atoms with Crippen LogP contribution in [0, 0.1) is 0 Å².